The monoisotopic (exact) mass is 281 g/mol. The Hall–Kier alpha value is -1.36. The minimum Gasteiger partial charge on any atom is -0.397 e. The number of carbonyl (C=O) groups excluding carboxylic acids is 1. The Labute approximate surface area is 119 Å². The summed E-state index contributed by atoms with van der Waals surface area (Å²) in [6.45, 7) is 4.67. The number of nitrogen functional groups attached to an aromatic ring is 1. The molecule has 0 aromatic heterocycles. The molecule has 0 fully saturated rings. The minimum atomic E-state index is -0.0828. The zero-order valence-corrected chi connectivity index (χ0v) is 12.9. The summed E-state index contributed by atoms with van der Waals surface area (Å²) in [6, 6.07) is 5.87. The lowest BCUT2D eigenvalue weighted by Crippen LogP contribution is -2.31. The van der Waals surface area contributed by atoms with Crippen LogP contribution in [0.2, 0.25) is 0 Å². The van der Waals surface area contributed by atoms with Crippen LogP contribution in [0.1, 0.15) is 24.2 Å². The van der Waals surface area contributed by atoms with Crippen LogP contribution in [-0.4, -0.2) is 37.6 Å². The van der Waals surface area contributed by atoms with Gasteiger partial charge in [-0.05, 0) is 38.3 Å². The van der Waals surface area contributed by atoms with E-state index in [-0.39, 0.29) is 5.91 Å². The number of nitrogens with two attached hydrogens (primary N) is 1. The first-order valence-corrected chi connectivity index (χ1v) is 7.80. The molecule has 1 amide bonds. The normalized spacial score (nSPS) is 12.0. The van der Waals surface area contributed by atoms with E-state index in [0.717, 1.165) is 11.4 Å². The predicted octanol–water partition coefficient (Wildman–Crippen LogP) is 2.21. The quantitative estimate of drug-likeness (QED) is 0.785. The van der Waals surface area contributed by atoms with Gasteiger partial charge in [0.1, 0.15) is 0 Å². The topological polar surface area (TPSA) is 58.4 Å². The number of carbonyl (C=O) groups is 1. The van der Waals surface area contributed by atoms with Crippen LogP contribution in [-0.2, 0) is 0 Å². The van der Waals surface area contributed by atoms with Gasteiger partial charge in [0.25, 0.3) is 5.91 Å². The van der Waals surface area contributed by atoms with Gasteiger partial charge in [-0.1, -0.05) is 0 Å². The number of nitrogens with zero attached hydrogens (tertiary/aromatic N) is 1. The maximum atomic E-state index is 11.7. The molecule has 106 valence electrons. The van der Waals surface area contributed by atoms with E-state index in [4.69, 9.17) is 5.73 Å². The molecular formula is C14H23N3OS. The standard InChI is InChI=1S/C14H23N3OS/c1-5-16-14(18)11-6-7-13(12(15)8-11)17(3)10(2)9-19-4/h6-8,10H,5,9,15H2,1-4H3,(H,16,18). The highest BCUT2D eigenvalue weighted by atomic mass is 32.2. The van der Waals surface area contributed by atoms with Crippen molar-refractivity contribution < 1.29 is 4.79 Å². The van der Waals surface area contributed by atoms with Gasteiger partial charge in [0.2, 0.25) is 0 Å². The predicted molar refractivity (Wildman–Crippen MR) is 85.1 cm³/mol. The van der Waals surface area contributed by atoms with Gasteiger partial charge in [-0.25, -0.2) is 0 Å². The van der Waals surface area contributed by atoms with Crippen LogP contribution in [0, 0.1) is 0 Å². The Morgan fingerprint density at radius 1 is 1.53 bits per heavy atom. The van der Waals surface area contributed by atoms with E-state index < -0.39 is 0 Å². The van der Waals surface area contributed by atoms with Gasteiger partial charge in [0.15, 0.2) is 0 Å². The molecule has 3 N–H and O–H groups in total. The van der Waals surface area contributed by atoms with Crippen LogP contribution in [0.15, 0.2) is 18.2 Å². The Morgan fingerprint density at radius 3 is 2.74 bits per heavy atom. The van der Waals surface area contributed by atoms with E-state index in [9.17, 15) is 4.79 Å². The van der Waals surface area contributed by atoms with E-state index in [0.29, 0.717) is 23.8 Å². The molecule has 1 aromatic carbocycles. The van der Waals surface area contributed by atoms with Crippen molar-refractivity contribution in [2.45, 2.75) is 19.9 Å². The molecule has 1 unspecified atom stereocenters. The third kappa shape index (κ3) is 4.06. The van der Waals surface area contributed by atoms with Gasteiger partial charge in [-0.15, -0.1) is 0 Å². The minimum absolute atomic E-state index is 0.0828. The summed E-state index contributed by atoms with van der Waals surface area (Å²) in [4.78, 5) is 13.9. The molecule has 0 heterocycles. The number of nitrogens with one attached hydrogen (secondary N) is 1. The smallest absolute Gasteiger partial charge is 0.251 e. The lowest BCUT2D eigenvalue weighted by atomic mass is 10.1. The van der Waals surface area contributed by atoms with Crippen molar-refractivity contribution >= 4 is 29.0 Å². The van der Waals surface area contributed by atoms with Crippen LogP contribution < -0.4 is 16.0 Å². The van der Waals surface area contributed by atoms with Crippen LogP contribution in [0.5, 0.6) is 0 Å². The number of thioether (sulfide) groups is 1. The van der Waals surface area contributed by atoms with Gasteiger partial charge in [0, 0.05) is 31.0 Å². The fourth-order valence-corrected chi connectivity index (χ4v) is 2.58. The van der Waals surface area contributed by atoms with Gasteiger partial charge in [-0.3, -0.25) is 4.79 Å². The van der Waals surface area contributed by atoms with Gasteiger partial charge in [0.05, 0.1) is 11.4 Å². The molecule has 0 radical (unpaired) electrons. The number of benzene rings is 1. The van der Waals surface area contributed by atoms with Gasteiger partial charge in [-0.2, -0.15) is 11.8 Å². The lowest BCUT2D eigenvalue weighted by Gasteiger charge is -2.27. The molecule has 5 heteroatoms. The molecule has 1 rings (SSSR count). The zero-order valence-electron chi connectivity index (χ0n) is 12.1. The summed E-state index contributed by atoms with van der Waals surface area (Å²) in [7, 11) is 2.03. The summed E-state index contributed by atoms with van der Waals surface area (Å²) >= 11 is 1.81. The third-order valence-electron chi connectivity index (χ3n) is 3.08. The maximum absolute atomic E-state index is 11.7. The van der Waals surface area contributed by atoms with Crippen LogP contribution in [0.25, 0.3) is 0 Å². The summed E-state index contributed by atoms with van der Waals surface area (Å²) in [5, 5.41) is 2.77. The SMILES string of the molecule is CCNC(=O)c1ccc(N(C)C(C)CSC)c(N)c1. The lowest BCUT2D eigenvalue weighted by molar-refractivity contribution is 0.0956. The van der Waals surface area contributed by atoms with Crippen LogP contribution >= 0.6 is 11.8 Å². The molecule has 1 aromatic rings. The molecule has 0 bridgehead atoms. The molecular weight excluding hydrogens is 258 g/mol. The molecule has 4 nitrogen and oxygen atoms in total. The Bertz CT molecular complexity index is 437. The van der Waals surface area contributed by atoms with E-state index in [1.165, 1.54) is 0 Å². The fraction of sp³-hybridized carbons (Fsp3) is 0.500. The fourth-order valence-electron chi connectivity index (χ4n) is 1.87. The molecule has 1 atom stereocenters. The number of anilines is 2. The molecule has 0 aliphatic rings. The van der Waals surface area contributed by atoms with Gasteiger partial charge >= 0.3 is 0 Å². The van der Waals surface area contributed by atoms with E-state index in [1.807, 2.05) is 26.1 Å². The number of hydrogen-bond acceptors (Lipinski definition) is 4. The van der Waals surface area contributed by atoms with Crippen molar-refractivity contribution in [1.29, 1.82) is 0 Å². The van der Waals surface area contributed by atoms with E-state index >= 15 is 0 Å². The third-order valence-corrected chi connectivity index (χ3v) is 3.89. The van der Waals surface area contributed by atoms with Crippen LogP contribution in [0.4, 0.5) is 11.4 Å². The van der Waals surface area contributed by atoms with Crippen molar-refractivity contribution in [3.63, 3.8) is 0 Å². The number of amides is 1. The number of rotatable bonds is 6. The Balaban J connectivity index is 2.91. The molecule has 0 spiro atoms. The first-order chi connectivity index (χ1) is 9.01. The molecule has 19 heavy (non-hydrogen) atoms. The van der Waals surface area contributed by atoms with Crippen LogP contribution in [0.3, 0.4) is 0 Å². The summed E-state index contributed by atoms with van der Waals surface area (Å²) in [5.74, 6) is 0.953. The van der Waals surface area contributed by atoms with Gasteiger partial charge < -0.3 is 16.0 Å². The van der Waals surface area contributed by atoms with Crippen molar-refractivity contribution in [2.75, 3.05) is 36.2 Å². The first kappa shape index (κ1) is 15.7. The molecule has 0 aliphatic heterocycles. The first-order valence-electron chi connectivity index (χ1n) is 6.40. The largest absolute Gasteiger partial charge is 0.397 e. The summed E-state index contributed by atoms with van der Waals surface area (Å²) < 4.78 is 0. The Morgan fingerprint density at radius 2 is 2.21 bits per heavy atom. The Kier molecular flexibility index (Phi) is 6.02. The van der Waals surface area contributed by atoms with Crippen molar-refractivity contribution in [2.24, 2.45) is 0 Å². The highest BCUT2D eigenvalue weighted by Gasteiger charge is 2.14. The average molecular weight is 281 g/mol. The highest BCUT2D eigenvalue weighted by Crippen LogP contribution is 2.25. The highest BCUT2D eigenvalue weighted by molar-refractivity contribution is 7.98. The summed E-state index contributed by atoms with van der Waals surface area (Å²) in [5.41, 5.74) is 8.27. The average Bonchev–Trinajstić information content (AvgIpc) is 2.38. The second-order valence-electron chi connectivity index (χ2n) is 4.55. The zero-order chi connectivity index (χ0) is 14.4. The van der Waals surface area contributed by atoms with Crippen molar-refractivity contribution in [3.05, 3.63) is 23.8 Å². The van der Waals surface area contributed by atoms with E-state index in [1.54, 1.807) is 17.8 Å². The summed E-state index contributed by atoms with van der Waals surface area (Å²) in [6.07, 6.45) is 2.09. The van der Waals surface area contributed by atoms with E-state index in [2.05, 4.69) is 23.4 Å². The second kappa shape index (κ2) is 7.28. The maximum Gasteiger partial charge on any atom is 0.251 e. The molecule has 0 saturated heterocycles. The van der Waals surface area contributed by atoms with Crippen molar-refractivity contribution in [1.82, 2.24) is 5.32 Å². The second-order valence-corrected chi connectivity index (χ2v) is 5.46. The number of hydrogen-bond donors (Lipinski definition) is 2. The van der Waals surface area contributed by atoms with Crippen molar-refractivity contribution in [3.8, 4) is 0 Å². The molecule has 0 aliphatic carbocycles. The molecule has 0 saturated carbocycles.